The summed E-state index contributed by atoms with van der Waals surface area (Å²) in [6.45, 7) is 0.277. The van der Waals surface area contributed by atoms with E-state index in [4.69, 9.17) is 4.74 Å². The lowest BCUT2D eigenvalue weighted by Crippen LogP contribution is -2.23. The highest BCUT2D eigenvalue weighted by Crippen LogP contribution is 2.15. The average Bonchev–Trinajstić information content (AvgIpc) is 3.06. The van der Waals surface area contributed by atoms with Gasteiger partial charge in [-0.15, -0.1) is 0 Å². The second-order valence-electron chi connectivity index (χ2n) is 4.96. The molecule has 0 bridgehead atoms. The molecule has 0 aliphatic heterocycles. The van der Waals surface area contributed by atoms with E-state index in [2.05, 4.69) is 22.1 Å². The van der Waals surface area contributed by atoms with Crippen LogP contribution in [0.4, 0.5) is 0 Å². The van der Waals surface area contributed by atoms with Gasteiger partial charge in [0.05, 0.1) is 19.2 Å². The van der Waals surface area contributed by atoms with Crippen LogP contribution < -0.4 is 10.1 Å². The van der Waals surface area contributed by atoms with Gasteiger partial charge in [-0.3, -0.25) is 4.79 Å². The lowest BCUT2D eigenvalue weighted by Gasteiger charge is -2.02. The third kappa shape index (κ3) is 3.35. The Balaban J connectivity index is 1.64. The number of amides is 1. The first-order valence-corrected chi connectivity index (χ1v) is 7.25. The van der Waals surface area contributed by atoms with Gasteiger partial charge in [0, 0.05) is 17.3 Å². The lowest BCUT2D eigenvalue weighted by molar-refractivity contribution is 0.0959. The van der Waals surface area contributed by atoms with Crippen LogP contribution in [0.2, 0.25) is 0 Å². The largest absolute Gasteiger partial charge is 0.495 e. The molecule has 0 fully saturated rings. The van der Waals surface area contributed by atoms with Crippen molar-refractivity contribution in [1.29, 1.82) is 0 Å². The number of ether oxygens (including phenoxy) is 1. The van der Waals surface area contributed by atoms with Crippen LogP contribution >= 0.6 is 0 Å². The topological polar surface area (TPSA) is 54.1 Å². The normalized spacial score (nSPS) is 9.96. The Hall–Kier alpha value is -3.19. The molecule has 4 heteroatoms. The highest BCUT2D eigenvalue weighted by Gasteiger charge is 2.05. The van der Waals surface area contributed by atoms with Gasteiger partial charge in [-0.2, -0.15) is 0 Å². The second kappa shape index (κ2) is 6.71. The number of rotatable bonds is 3. The Labute approximate surface area is 134 Å². The molecule has 2 N–H and O–H groups in total. The Morgan fingerprint density at radius 1 is 1.22 bits per heavy atom. The van der Waals surface area contributed by atoms with Crippen molar-refractivity contribution in [2.24, 2.45) is 0 Å². The van der Waals surface area contributed by atoms with Gasteiger partial charge >= 0.3 is 0 Å². The smallest absolute Gasteiger partial charge is 0.252 e. The van der Waals surface area contributed by atoms with Crippen molar-refractivity contribution in [2.45, 2.75) is 0 Å². The van der Waals surface area contributed by atoms with E-state index < -0.39 is 0 Å². The van der Waals surface area contributed by atoms with E-state index in [1.807, 2.05) is 48.7 Å². The van der Waals surface area contributed by atoms with E-state index in [0.717, 1.165) is 22.2 Å². The van der Waals surface area contributed by atoms with Gasteiger partial charge in [-0.1, -0.05) is 30.0 Å². The lowest BCUT2D eigenvalue weighted by atomic mass is 10.1. The van der Waals surface area contributed by atoms with Gasteiger partial charge in [-0.25, -0.2) is 0 Å². The molecule has 0 unspecified atom stereocenters. The summed E-state index contributed by atoms with van der Waals surface area (Å²) in [5.41, 5.74) is 2.36. The van der Waals surface area contributed by atoms with Crippen LogP contribution in [0.15, 0.2) is 54.7 Å². The second-order valence-corrected chi connectivity index (χ2v) is 4.96. The first-order chi connectivity index (χ1) is 11.3. The maximum Gasteiger partial charge on any atom is 0.252 e. The van der Waals surface area contributed by atoms with Crippen LogP contribution in [0.3, 0.4) is 0 Å². The number of carbonyl (C=O) groups excluding carboxylic acids is 1. The van der Waals surface area contributed by atoms with Crippen LogP contribution in [0.5, 0.6) is 5.75 Å². The number of hydrogen-bond acceptors (Lipinski definition) is 2. The molecule has 1 amide bonds. The summed E-state index contributed by atoms with van der Waals surface area (Å²) >= 11 is 0. The van der Waals surface area contributed by atoms with E-state index >= 15 is 0 Å². The first kappa shape index (κ1) is 14.7. The first-order valence-electron chi connectivity index (χ1n) is 7.25. The number of carbonyl (C=O) groups is 1. The molecule has 4 nitrogen and oxygen atoms in total. The molecule has 2 aromatic carbocycles. The quantitative estimate of drug-likeness (QED) is 0.731. The van der Waals surface area contributed by atoms with E-state index in [-0.39, 0.29) is 12.5 Å². The van der Waals surface area contributed by atoms with Crippen molar-refractivity contribution in [3.8, 4) is 17.6 Å². The van der Waals surface area contributed by atoms with E-state index in [9.17, 15) is 4.79 Å². The predicted octanol–water partition coefficient (Wildman–Crippen LogP) is 2.96. The molecule has 0 atom stereocenters. The summed E-state index contributed by atoms with van der Waals surface area (Å²) in [5, 5.41) is 3.88. The molecule has 0 aliphatic rings. The van der Waals surface area contributed by atoms with Crippen molar-refractivity contribution in [2.75, 3.05) is 13.7 Å². The molecule has 0 aliphatic carbocycles. The standard InChI is InChI=1S/C19H16N2O2/c1-23-18-7-3-2-5-15(18)6-4-11-21-19(22)16-9-8-14-10-12-20-17(14)13-16/h2-3,5,7-10,12-13,20H,11H2,1H3,(H,21,22). The van der Waals surface area contributed by atoms with Gasteiger partial charge in [0.1, 0.15) is 5.75 Å². The van der Waals surface area contributed by atoms with Crippen LogP contribution in [0.25, 0.3) is 10.9 Å². The fourth-order valence-corrected chi connectivity index (χ4v) is 2.30. The van der Waals surface area contributed by atoms with Gasteiger partial charge in [0.25, 0.3) is 5.91 Å². The van der Waals surface area contributed by atoms with E-state index in [1.165, 1.54) is 0 Å². The zero-order chi connectivity index (χ0) is 16.1. The van der Waals surface area contributed by atoms with Crippen LogP contribution in [0.1, 0.15) is 15.9 Å². The van der Waals surface area contributed by atoms with Crippen LogP contribution in [-0.2, 0) is 0 Å². The Kier molecular flexibility index (Phi) is 4.30. The number of benzene rings is 2. The third-order valence-corrected chi connectivity index (χ3v) is 3.48. The monoisotopic (exact) mass is 304 g/mol. The summed E-state index contributed by atoms with van der Waals surface area (Å²) in [5.74, 6) is 6.52. The van der Waals surface area contributed by atoms with Crippen LogP contribution in [0, 0.1) is 11.8 Å². The number of aromatic amines is 1. The number of para-hydroxylation sites is 1. The molecule has 3 rings (SSSR count). The number of H-pyrrole nitrogens is 1. The van der Waals surface area contributed by atoms with E-state index in [0.29, 0.717) is 5.56 Å². The van der Waals surface area contributed by atoms with Crippen LogP contribution in [-0.4, -0.2) is 24.5 Å². The third-order valence-electron chi connectivity index (χ3n) is 3.48. The molecule has 114 valence electrons. The highest BCUT2D eigenvalue weighted by molar-refractivity contribution is 5.98. The molecule has 0 spiro atoms. The predicted molar refractivity (Wildman–Crippen MR) is 90.5 cm³/mol. The van der Waals surface area contributed by atoms with Gasteiger partial charge < -0.3 is 15.0 Å². The van der Waals surface area contributed by atoms with Crippen molar-refractivity contribution in [3.63, 3.8) is 0 Å². The summed E-state index contributed by atoms with van der Waals surface area (Å²) in [4.78, 5) is 15.2. The fraction of sp³-hybridized carbons (Fsp3) is 0.105. The maximum absolute atomic E-state index is 12.1. The van der Waals surface area contributed by atoms with Crippen molar-refractivity contribution in [3.05, 3.63) is 65.9 Å². The van der Waals surface area contributed by atoms with Crippen molar-refractivity contribution in [1.82, 2.24) is 10.3 Å². The fourth-order valence-electron chi connectivity index (χ4n) is 2.30. The zero-order valence-electron chi connectivity index (χ0n) is 12.7. The van der Waals surface area contributed by atoms with E-state index in [1.54, 1.807) is 13.2 Å². The number of aromatic nitrogens is 1. The number of fused-ring (bicyclic) bond motifs is 1. The minimum atomic E-state index is -0.143. The molecule has 0 saturated carbocycles. The molecular weight excluding hydrogens is 288 g/mol. The average molecular weight is 304 g/mol. The Morgan fingerprint density at radius 2 is 2.09 bits per heavy atom. The molecule has 1 heterocycles. The number of methoxy groups -OCH3 is 1. The Morgan fingerprint density at radius 3 is 2.96 bits per heavy atom. The molecule has 23 heavy (non-hydrogen) atoms. The molecule has 1 aromatic heterocycles. The summed E-state index contributed by atoms with van der Waals surface area (Å²) in [6, 6.07) is 15.1. The van der Waals surface area contributed by atoms with Gasteiger partial charge in [-0.05, 0) is 35.7 Å². The molecular formula is C19H16N2O2. The summed E-state index contributed by atoms with van der Waals surface area (Å²) in [6.07, 6.45) is 1.85. The van der Waals surface area contributed by atoms with Crippen molar-refractivity contribution >= 4 is 16.8 Å². The molecule has 0 radical (unpaired) electrons. The minimum absolute atomic E-state index is 0.143. The zero-order valence-corrected chi connectivity index (χ0v) is 12.7. The number of hydrogen-bond donors (Lipinski definition) is 2. The molecule has 0 saturated heterocycles. The SMILES string of the molecule is COc1ccccc1C#CCNC(=O)c1ccc2cc[nH]c2c1. The summed E-state index contributed by atoms with van der Waals surface area (Å²) in [7, 11) is 1.61. The summed E-state index contributed by atoms with van der Waals surface area (Å²) < 4.78 is 5.23. The Bertz CT molecular complexity index is 900. The van der Waals surface area contributed by atoms with Crippen molar-refractivity contribution < 1.29 is 9.53 Å². The highest BCUT2D eigenvalue weighted by atomic mass is 16.5. The van der Waals surface area contributed by atoms with Gasteiger partial charge in [0.2, 0.25) is 0 Å². The number of nitrogens with one attached hydrogen (secondary N) is 2. The minimum Gasteiger partial charge on any atom is -0.495 e. The maximum atomic E-state index is 12.1. The van der Waals surface area contributed by atoms with Gasteiger partial charge in [0.15, 0.2) is 0 Å². The molecule has 3 aromatic rings.